The van der Waals surface area contributed by atoms with Crippen molar-refractivity contribution in [3.63, 3.8) is 0 Å². The third-order valence-corrected chi connectivity index (χ3v) is 3.61. The monoisotopic (exact) mass is 245 g/mol. The first kappa shape index (κ1) is 11.5. The molecule has 0 aromatic heterocycles. The minimum atomic E-state index is 0.0974. The summed E-state index contributed by atoms with van der Waals surface area (Å²) in [4.78, 5) is 13.5. The summed E-state index contributed by atoms with van der Waals surface area (Å²) < 4.78 is 0. The molecule has 0 bridgehead atoms. The van der Waals surface area contributed by atoms with E-state index in [0.717, 1.165) is 30.4 Å². The van der Waals surface area contributed by atoms with Crippen molar-refractivity contribution >= 4 is 17.3 Å². The van der Waals surface area contributed by atoms with Gasteiger partial charge in [-0.25, -0.2) is 0 Å². The van der Waals surface area contributed by atoms with Gasteiger partial charge in [0.2, 0.25) is 5.91 Å². The van der Waals surface area contributed by atoms with E-state index in [1.165, 1.54) is 18.5 Å². The van der Waals surface area contributed by atoms with Gasteiger partial charge in [-0.3, -0.25) is 4.79 Å². The highest BCUT2D eigenvalue weighted by Crippen LogP contribution is 2.27. The van der Waals surface area contributed by atoms with Gasteiger partial charge in [-0.05, 0) is 36.6 Å². The lowest BCUT2D eigenvalue weighted by Crippen LogP contribution is -2.30. The molecule has 0 saturated heterocycles. The number of anilines is 2. The van der Waals surface area contributed by atoms with Crippen molar-refractivity contribution in [2.75, 3.05) is 30.4 Å². The van der Waals surface area contributed by atoms with Crippen LogP contribution in [0.2, 0.25) is 0 Å². The average Bonchev–Trinajstić information content (AvgIpc) is 3.08. The zero-order chi connectivity index (χ0) is 12.5. The minimum Gasteiger partial charge on any atom is -0.373 e. The predicted molar refractivity (Wildman–Crippen MR) is 73.1 cm³/mol. The van der Waals surface area contributed by atoms with Crippen LogP contribution in [0.1, 0.15) is 18.4 Å². The fraction of sp³-hybridized carbons (Fsp3) is 0.500. The highest BCUT2D eigenvalue weighted by Gasteiger charge is 2.20. The van der Waals surface area contributed by atoms with E-state index < -0.39 is 0 Å². The van der Waals surface area contributed by atoms with Gasteiger partial charge in [0.05, 0.1) is 6.42 Å². The van der Waals surface area contributed by atoms with Gasteiger partial charge >= 0.3 is 0 Å². The fourth-order valence-electron chi connectivity index (χ4n) is 2.31. The third kappa shape index (κ3) is 2.48. The quantitative estimate of drug-likeness (QED) is 0.823. The summed E-state index contributed by atoms with van der Waals surface area (Å²) in [5.74, 6) is 0.0974. The molecule has 1 aromatic carbocycles. The van der Waals surface area contributed by atoms with E-state index >= 15 is 0 Å². The van der Waals surface area contributed by atoms with Crippen LogP contribution in [0.15, 0.2) is 18.2 Å². The summed E-state index contributed by atoms with van der Waals surface area (Å²) in [6.45, 7) is 2.02. The Balaban J connectivity index is 1.61. The normalized spacial score (nSPS) is 17.5. The summed E-state index contributed by atoms with van der Waals surface area (Å²) in [7, 11) is 2.10. The summed E-state index contributed by atoms with van der Waals surface area (Å²) >= 11 is 0. The van der Waals surface area contributed by atoms with E-state index in [2.05, 4.69) is 34.7 Å². The van der Waals surface area contributed by atoms with E-state index in [0.29, 0.717) is 6.42 Å². The Hall–Kier alpha value is -1.55. The second-order valence-corrected chi connectivity index (χ2v) is 5.22. The average molecular weight is 245 g/mol. The van der Waals surface area contributed by atoms with Crippen molar-refractivity contribution in [3.8, 4) is 0 Å². The van der Waals surface area contributed by atoms with Gasteiger partial charge < -0.3 is 15.5 Å². The number of benzene rings is 1. The van der Waals surface area contributed by atoms with E-state index in [4.69, 9.17) is 0 Å². The first-order chi connectivity index (χ1) is 8.72. The number of carbonyl (C=O) groups excluding carboxylic acids is 1. The maximum absolute atomic E-state index is 11.3. The summed E-state index contributed by atoms with van der Waals surface area (Å²) in [6.07, 6.45) is 3.17. The Labute approximate surface area is 107 Å². The first-order valence-corrected chi connectivity index (χ1v) is 6.60. The van der Waals surface area contributed by atoms with Gasteiger partial charge in [0.25, 0.3) is 0 Å². The second-order valence-electron chi connectivity index (χ2n) is 5.22. The van der Waals surface area contributed by atoms with Crippen LogP contribution in [-0.4, -0.2) is 32.1 Å². The van der Waals surface area contributed by atoms with Crippen LogP contribution in [0, 0.1) is 0 Å². The van der Waals surface area contributed by atoms with Crippen molar-refractivity contribution in [2.45, 2.75) is 25.3 Å². The molecule has 0 radical (unpaired) electrons. The molecule has 3 rings (SSSR count). The standard InChI is InChI=1S/C14H19N3O/c1-17(7-6-15-11-2-3-11)12-4-5-13-10(8-12)9-14(18)16-13/h4-5,8,11,15H,2-3,6-7,9H2,1H3,(H,16,18). The SMILES string of the molecule is CN(CCNC1CC1)c1ccc2c(c1)CC(=O)N2. The van der Waals surface area contributed by atoms with E-state index in [9.17, 15) is 4.79 Å². The highest BCUT2D eigenvalue weighted by atomic mass is 16.1. The van der Waals surface area contributed by atoms with Crippen LogP contribution < -0.4 is 15.5 Å². The molecule has 4 heteroatoms. The lowest BCUT2D eigenvalue weighted by atomic mass is 10.1. The molecule has 2 N–H and O–H groups in total. The lowest BCUT2D eigenvalue weighted by molar-refractivity contribution is -0.115. The molecular formula is C14H19N3O. The number of amides is 1. The number of likely N-dealkylation sites (N-methyl/N-ethyl adjacent to an activating group) is 1. The molecule has 1 aromatic rings. The van der Waals surface area contributed by atoms with Crippen LogP contribution in [0.25, 0.3) is 0 Å². The molecule has 0 atom stereocenters. The Bertz CT molecular complexity index is 468. The van der Waals surface area contributed by atoms with Gasteiger partial charge in [0.15, 0.2) is 0 Å². The molecule has 1 heterocycles. The van der Waals surface area contributed by atoms with Crippen LogP contribution in [-0.2, 0) is 11.2 Å². The molecule has 1 amide bonds. The van der Waals surface area contributed by atoms with Crippen molar-refractivity contribution in [3.05, 3.63) is 23.8 Å². The van der Waals surface area contributed by atoms with Crippen molar-refractivity contribution in [2.24, 2.45) is 0 Å². The Kier molecular flexibility index (Phi) is 2.96. The Morgan fingerprint density at radius 3 is 3.06 bits per heavy atom. The van der Waals surface area contributed by atoms with Crippen molar-refractivity contribution in [1.82, 2.24) is 5.32 Å². The molecule has 0 spiro atoms. The van der Waals surface area contributed by atoms with Crippen LogP contribution in [0.3, 0.4) is 0 Å². The maximum atomic E-state index is 11.3. The van der Waals surface area contributed by atoms with Gasteiger partial charge in [0.1, 0.15) is 0 Å². The number of hydrogen-bond acceptors (Lipinski definition) is 3. The fourth-order valence-corrected chi connectivity index (χ4v) is 2.31. The number of nitrogens with zero attached hydrogens (tertiary/aromatic N) is 1. The molecule has 1 aliphatic heterocycles. The molecule has 96 valence electrons. The molecule has 0 unspecified atom stereocenters. The molecule has 1 fully saturated rings. The number of hydrogen-bond donors (Lipinski definition) is 2. The van der Waals surface area contributed by atoms with Gasteiger partial charge in [-0.15, -0.1) is 0 Å². The number of nitrogens with one attached hydrogen (secondary N) is 2. The Morgan fingerprint density at radius 1 is 1.44 bits per heavy atom. The smallest absolute Gasteiger partial charge is 0.228 e. The summed E-state index contributed by atoms with van der Waals surface area (Å²) in [5, 5.41) is 6.37. The van der Waals surface area contributed by atoms with Crippen molar-refractivity contribution < 1.29 is 4.79 Å². The number of rotatable bonds is 5. The predicted octanol–water partition coefficient (Wildman–Crippen LogP) is 1.37. The maximum Gasteiger partial charge on any atom is 0.228 e. The molecule has 1 saturated carbocycles. The van der Waals surface area contributed by atoms with Gasteiger partial charge in [-0.2, -0.15) is 0 Å². The molecular weight excluding hydrogens is 226 g/mol. The third-order valence-electron chi connectivity index (χ3n) is 3.61. The van der Waals surface area contributed by atoms with Crippen molar-refractivity contribution in [1.29, 1.82) is 0 Å². The van der Waals surface area contributed by atoms with Crippen LogP contribution in [0.5, 0.6) is 0 Å². The number of carbonyl (C=O) groups is 1. The first-order valence-electron chi connectivity index (χ1n) is 6.60. The summed E-state index contributed by atoms with van der Waals surface area (Å²) in [6, 6.07) is 6.95. The second kappa shape index (κ2) is 4.61. The van der Waals surface area contributed by atoms with Gasteiger partial charge in [0, 0.05) is 37.6 Å². The number of fused-ring (bicyclic) bond motifs is 1. The Morgan fingerprint density at radius 2 is 2.28 bits per heavy atom. The van der Waals surface area contributed by atoms with E-state index in [-0.39, 0.29) is 5.91 Å². The molecule has 18 heavy (non-hydrogen) atoms. The lowest BCUT2D eigenvalue weighted by Gasteiger charge is -2.20. The molecule has 2 aliphatic rings. The highest BCUT2D eigenvalue weighted by molar-refractivity contribution is 5.99. The van der Waals surface area contributed by atoms with Crippen LogP contribution >= 0.6 is 0 Å². The van der Waals surface area contributed by atoms with Gasteiger partial charge in [-0.1, -0.05) is 0 Å². The van der Waals surface area contributed by atoms with E-state index in [1.54, 1.807) is 0 Å². The molecule has 1 aliphatic carbocycles. The minimum absolute atomic E-state index is 0.0974. The van der Waals surface area contributed by atoms with Crippen LogP contribution in [0.4, 0.5) is 11.4 Å². The van der Waals surface area contributed by atoms with E-state index in [1.807, 2.05) is 6.07 Å². The zero-order valence-electron chi connectivity index (χ0n) is 10.7. The largest absolute Gasteiger partial charge is 0.373 e. The molecule has 4 nitrogen and oxygen atoms in total. The summed E-state index contributed by atoms with van der Waals surface area (Å²) in [5.41, 5.74) is 3.26. The topological polar surface area (TPSA) is 44.4 Å². The zero-order valence-corrected chi connectivity index (χ0v) is 10.7.